The van der Waals surface area contributed by atoms with E-state index in [-0.39, 0.29) is 17.6 Å². The van der Waals surface area contributed by atoms with Crippen LogP contribution in [0.25, 0.3) is 5.65 Å². The third-order valence-electron chi connectivity index (χ3n) is 5.43. The van der Waals surface area contributed by atoms with Crippen LogP contribution >= 0.6 is 0 Å². The molecule has 0 spiro atoms. The number of fused-ring (bicyclic) bond motifs is 1. The standard InChI is InChI=1S/C20H26N4O3/c1-15-5-2-9-24-18(25)13-16(21-19(15)24)14-22-7-4-8-23(11-10-22)20(26)17-6-3-12-27-17/h2,5,9,13,17H,3-4,6-8,10-12,14H2,1H3. The summed E-state index contributed by atoms with van der Waals surface area (Å²) in [5.41, 5.74) is 2.43. The quantitative estimate of drug-likeness (QED) is 0.813. The molecule has 0 aliphatic carbocycles. The summed E-state index contributed by atoms with van der Waals surface area (Å²) in [6.07, 6.45) is 4.23. The van der Waals surface area contributed by atoms with Crippen LogP contribution in [0.1, 0.15) is 30.5 Å². The lowest BCUT2D eigenvalue weighted by molar-refractivity contribution is -0.140. The molecule has 27 heavy (non-hydrogen) atoms. The van der Waals surface area contributed by atoms with Crippen LogP contribution in [0.3, 0.4) is 0 Å². The number of hydrogen-bond donors (Lipinski definition) is 0. The van der Waals surface area contributed by atoms with E-state index in [2.05, 4.69) is 4.90 Å². The van der Waals surface area contributed by atoms with Crippen molar-refractivity contribution in [3.05, 3.63) is 46.0 Å². The molecule has 2 aliphatic heterocycles. The van der Waals surface area contributed by atoms with Gasteiger partial charge in [0.15, 0.2) is 0 Å². The molecule has 2 fully saturated rings. The number of nitrogens with zero attached hydrogens (tertiary/aromatic N) is 4. The molecule has 7 heteroatoms. The molecule has 0 saturated carbocycles. The van der Waals surface area contributed by atoms with Gasteiger partial charge in [-0.3, -0.25) is 18.9 Å². The normalized spacial score (nSPS) is 21.5. The van der Waals surface area contributed by atoms with Crippen LogP contribution in [0.5, 0.6) is 0 Å². The van der Waals surface area contributed by atoms with Crippen LogP contribution in [0.4, 0.5) is 0 Å². The van der Waals surface area contributed by atoms with E-state index in [9.17, 15) is 9.59 Å². The number of carbonyl (C=O) groups is 1. The predicted molar refractivity (Wildman–Crippen MR) is 102 cm³/mol. The highest BCUT2D eigenvalue weighted by atomic mass is 16.5. The van der Waals surface area contributed by atoms with Crippen molar-refractivity contribution in [3.8, 4) is 0 Å². The van der Waals surface area contributed by atoms with E-state index in [1.807, 2.05) is 24.0 Å². The summed E-state index contributed by atoms with van der Waals surface area (Å²) in [7, 11) is 0. The zero-order valence-electron chi connectivity index (χ0n) is 15.8. The topological polar surface area (TPSA) is 67.2 Å². The molecule has 1 atom stereocenters. The lowest BCUT2D eigenvalue weighted by Crippen LogP contribution is -2.41. The SMILES string of the molecule is Cc1cccn2c(=O)cc(CN3CCCN(C(=O)C4CCCO4)CC3)nc12. The Kier molecular flexibility index (Phi) is 5.22. The van der Waals surface area contributed by atoms with Gasteiger partial charge in [-0.1, -0.05) is 6.07 Å². The third-order valence-corrected chi connectivity index (χ3v) is 5.43. The lowest BCUT2D eigenvalue weighted by atomic mass is 10.2. The molecule has 4 heterocycles. The fourth-order valence-electron chi connectivity index (χ4n) is 3.94. The van der Waals surface area contributed by atoms with E-state index in [1.54, 1.807) is 16.7 Å². The molecule has 0 N–H and O–H groups in total. The monoisotopic (exact) mass is 370 g/mol. The van der Waals surface area contributed by atoms with Crippen LogP contribution < -0.4 is 5.56 Å². The van der Waals surface area contributed by atoms with Crippen LogP contribution in [-0.4, -0.2) is 64.0 Å². The number of amides is 1. The summed E-state index contributed by atoms with van der Waals surface area (Å²) < 4.78 is 7.13. The van der Waals surface area contributed by atoms with Crippen LogP contribution in [0.2, 0.25) is 0 Å². The van der Waals surface area contributed by atoms with Crippen LogP contribution in [0.15, 0.2) is 29.2 Å². The van der Waals surface area contributed by atoms with Crippen molar-refractivity contribution < 1.29 is 9.53 Å². The average Bonchev–Trinajstić information content (AvgIpc) is 3.10. The van der Waals surface area contributed by atoms with Crippen molar-refractivity contribution in [1.82, 2.24) is 19.2 Å². The number of rotatable bonds is 3. The van der Waals surface area contributed by atoms with E-state index >= 15 is 0 Å². The van der Waals surface area contributed by atoms with E-state index in [1.165, 1.54) is 0 Å². The molecule has 2 aromatic heterocycles. The van der Waals surface area contributed by atoms with Crippen LogP contribution in [-0.2, 0) is 16.1 Å². The van der Waals surface area contributed by atoms with Gasteiger partial charge in [0.05, 0.1) is 5.69 Å². The maximum atomic E-state index is 12.6. The Hall–Kier alpha value is -2.25. The first kappa shape index (κ1) is 18.1. The largest absolute Gasteiger partial charge is 0.368 e. The molecule has 2 aliphatic rings. The molecule has 0 radical (unpaired) electrons. The third kappa shape index (κ3) is 3.89. The smallest absolute Gasteiger partial charge is 0.258 e. The first-order valence-corrected chi connectivity index (χ1v) is 9.72. The van der Waals surface area contributed by atoms with Crippen molar-refractivity contribution in [2.24, 2.45) is 0 Å². The van der Waals surface area contributed by atoms with E-state index in [0.29, 0.717) is 25.3 Å². The second-order valence-corrected chi connectivity index (χ2v) is 7.43. The molecule has 2 saturated heterocycles. The Bertz CT molecular complexity index is 888. The summed E-state index contributed by atoms with van der Waals surface area (Å²) in [6.45, 7) is 6.43. The maximum Gasteiger partial charge on any atom is 0.258 e. The van der Waals surface area contributed by atoms with Gasteiger partial charge >= 0.3 is 0 Å². The number of carbonyl (C=O) groups excluding carboxylic acids is 1. The summed E-state index contributed by atoms with van der Waals surface area (Å²) >= 11 is 0. The maximum absolute atomic E-state index is 12.6. The number of hydrogen-bond acceptors (Lipinski definition) is 5. The zero-order valence-corrected chi connectivity index (χ0v) is 15.8. The minimum Gasteiger partial charge on any atom is -0.368 e. The van der Waals surface area contributed by atoms with E-state index in [4.69, 9.17) is 9.72 Å². The Morgan fingerprint density at radius 1 is 1.26 bits per heavy atom. The summed E-state index contributed by atoms with van der Waals surface area (Å²) in [5, 5.41) is 0. The highest BCUT2D eigenvalue weighted by Crippen LogP contribution is 2.16. The minimum absolute atomic E-state index is 0.0521. The van der Waals surface area contributed by atoms with Crippen molar-refractivity contribution in [2.45, 2.75) is 38.8 Å². The molecule has 1 amide bonds. The second kappa shape index (κ2) is 7.78. The average molecular weight is 370 g/mol. The molecule has 0 bridgehead atoms. The molecule has 0 aromatic carbocycles. The molecule has 2 aromatic rings. The number of ether oxygens (including phenoxy) is 1. The van der Waals surface area contributed by atoms with Crippen LogP contribution in [0, 0.1) is 6.92 Å². The molecule has 144 valence electrons. The first-order valence-electron chi connectivity index (χ1n) is 9.72. The van der Waals surface area contributed by atoms with E-state index in [0.717, 1.165) is 50.2 Å². The summed E-state index contributed by atoms with van der Waals surface area (Å²) in [4.78, 5) is 33.9. The second-order valence-electron chi connectivity index (χ2n) is 7.43. The van der Waals surface area contributed by atoms with Gasteiger partial charge in [0, 0.05) is 51.6 Å². The first-order chi connectivity index (χ1) is 13.1. The predicted octanol–water partition coefficient (Wildman–Crippen LogP) is 1.22. The molecular weight excluding hydrogens is 344 g/mol. The van der Waals surface area contributed by atoms with Gasteiger partial charge in [-0.15, -0.1) is 0 Å². The molecule has 1 unspecified atom stereocenters. The summed E-state index contributed by atoms with van der Waals surface area (Å²) in [6, 6.07) is 5.44. The van der Waals surface area contributed by atoms with Gasteiger partial charge in [0.2, 0.25) is 0 Å². The van der Waals surface area contributed by atoms with Crippen molar-refractivity contribution in [2.75, 3.05) is 32.8 Å². The van der Waals surface area contributed by atoms with Gasteiger partial charge < -0.3 is 9.64 Å². The minimum atomic E-state index is -0.248. The molecule has 7 nitrogen and oxygen atoms in total. The zero-order chi connectivity index (χ0) is 18.8. The summed E-state index contributed by atoms with van der Waals surface area (Å²) in [5.74, 6) is 0.132. The number of aryl methyl sites for hydroxylation is 1. The van der Waals surface area contributed by atoms with Crippen molar-refractivity contribution >= 4 is 11.6 Å². The van der Waals surface area contributed by atoms with Crippen molar-refractivity contribution in [1.29, 1.82) is 0 Å². The Morgan fingerprint density at radius 2 is 2.15 bits per heavy atom. The highest BCUT2D eigenvalue weighted by molar-refractivity contribution is 5.81. The van der Waals surface area contributed by atoms with Gasteiger partial charge in [-0.2, -0.15) is 0 Å². The Labute approximate surface area is 158 Å². The lowest BCUT2D eigenvalue weighted by Gasteiger charge is -2.24. The fourth-order valence-corrected chi connectivity index (χ4v) is 3.94. The fraction of sp³-hybridized carbons (Fsp3) is 0.550. The Morgan fingerprint density at radius 3 is 2.96 bits per heavy atom. The number of pyridine rings is 1. The van der Waals surface area contributed by atoms with Gasteiger partial charge in [0.1, 0.15) is 11.8 Å². The number of aromatic nitrogens is 2. The van der Waals surface area contributed by atoms with E-state index < -0.39 is 0 Å². The molecule has 4 rings (SSSR count). The Balaban J connectivity index is 1.44. The van der Waals surface area contributed by atoms with Gasteiger partial charge in [0.25, 0.3) is 11.5 Å². The molecular formula is C20H26N4O3. The highest BCUT2D eigenvalue weighted by Gasteiger charge is 2.29. The van der Waals surface area contributed by atoms with Crippen molar-refractivity contribution in [3.63, 3.8) is 0 Å². The van der Waals surface area contributed by atoms with Gasteiger partial charge in [-0.25, -0.2) is 4.98 Å². The van der Waals surface area contributed by atoms with Gasteiger partial charge in [-0.05, 0) is 37.8 Å².